The van der Waals surface area contributed by atoms with Crippen molar-refractivity contribution in [3.63, 3.8) is 0 Å². The van der Waals surface area contributed by atoms with Crippen LogP contribution in [0.5, 0.6) is 0 Å². The number of rotatable bonds is 5. The van der Waals surface area contributed by atoms with Crippen LogP contribution in [0.4, 0.5) is 8.78 Å². The van der Waals surface area contributed by atoms with Gasteiger partial charge in [0, 0.05) is 10.9 Å². The van der Waals surface area contributed by atoms with E-state index in [2.05, 4.69) is 30.7 Å². The first kappa shape index (κ1) is 17.0. The van der Waals surface area contributed by atoms with Gasteiger partial charge in [0.2, 0.25) is 0 Å². The minimum atomic E-state index is -0.458. The number of aromatic amines is 2. The lowest BCUT2D eigenvalue weighted by molar-refractivity contribution is 0.627. The maximum atomic E-state index is 14.5. The fourth-order valence-electron chi connectivity index (χ4n) is 2.77. The zero-order valence-corrected chi connectivity index (χ0v) is 14.4. The Morgan fingerprint density at radius 2 is 1.85 bits per heavy atom. The molecule has 0 radical (unpaired) electrons. The largest absolute Gasteiger partial charge is 0.313 e. The van der Waals surface area contributed by atoms with Crippen LogP contribution in [-0.2, 0) is 6.54 Å². The van der Waals surface area contributed by atoms with Gasteiger partial charge in [0.05, 0.1) is 12.2 Å². The van der Waals surface area contributed by atoms with Gasteiger partial charge in [-0.1, -0.05) is 18.2 Å². The van der Waals surface area contributed by atoms with Gasteiger partial charge in [0.25, 0.3) is 0 Å². The zero-order chi connectivity index (χ0) is 18.8. The van der Waals surface area contributed by atoms with Crippen LogP contribution in [0.3, 0.4) is 0 Å². The molecule has 2 aromatic carbocycles. The van der Waals surface area contributed by atoms with E-state index < -0.39 is 5.82 Å². The lowest BCUT2D eigenvalue weighted by Gasteiger charge is -1.99. The second-order valence-electron chi connectivity index (χ2n) is 6.01. The highest BCUT2D eigenvalue weighted by molar-refractivity contribution is 5.92. The van der Waals surface area contributed by atoms with E-state index in [4.69, 9.17) is 0 Å². The Morgan fingerprint density at radius 3 is 2.63 bits per heavy atom. The number of benzene rings is 2. The second-order valence-corrected chi connectivity index (χ2v) is 6.01. The summed E-state index contributed by atoms with van der Waals surface area (Å²) in [4.78, 5) is 4.35. The predicted octanol–water partition coefficient (Wildman–Crippen LogP) is 3.52. The van der Waals surface area contributed by atoms with Crippen molar-refractivity contribution in [3.8, 4) is 11.4 Å². The molecule has 136 valence electrons. The summed E-state index contributed by atoms with van der Waals surface area (Å²) in [5.41, 5.74) is 2.25. The fraction of sp³-hybridized carbons (Fsp3) is 0.105. The molecule has 2 heterocycles. The lowest BCUT2D eigenvalue weighted by atomic mass is 10.1. The molecule has 0 aliphatic rings. The molecule has 4 aromatic rings. The summed E-state index contributed by atoms with van der Waals surface area (Å²) in [5, 5.41) is 17.4. The molecule has 4 rings (SSSR count). The molecule has 8 heteroatoms. The predicted molar refractivity (Wildman–Crippen MR) is 99.5 cm³/mol. The highest BCUT2D eigenvalue weighted by Gasteiger charge is 2.14. The first-order valence-electron chi connectivity index (χ1n) is 8.31. The molecular weight excluding hydrogens is 350 g/mol. The number of H-pyrrole nitrogens is 2. The van der Waals surface area contributed by atoms with Gasteiger partial charge < -0.3 is 5.32 Å². The van der Waals surface area contributed by atoms with Crippen LogP contribution in [0.15, 0.2) is 36.4 Å². The normalized spacial score (nSPS) is 11.7. The number of fused-ring (bicyclic) bond motifs is 1. The summed E-state index contributed by atoms with van der Waals surface area (Å²) in [7, 11) is 1.80. The van der Waals surface area contributed by atoms with Crippen LogP contribution in [-0.4, -0.2) is 32.4 Å². The highest BCUT2D eigenvalue weighted by atomic mass is 19.1. The number of nitrogens with zero attached hydrogens (tertiary/aromatic N) is 3. The molecule has 6 nitrogen and oxygen atoms in total. The molecular formula is C19H16F2N6. The third-order valence-electron chi connectivity index (χ3n) is 4.09. The third kappa shape index (κ3) is 3.47. The molecule has 3 N–H and O–H groups in total. The van der Waals surface area contributed by atoms with Gasteiger partial charge in [-0.2, -0.15) is 10.2 Å². The number of hydrogen-bond acceptors (Lipinski definition) is 4. The summed E-state index contributed by atoms with van der Waals surface area (Å²) >= 11 is 0. The van der Waals surface area contributed by atoms with Gasteiger partial charge in [0.1, 0.15) is 17.2 Å². The standard InChI is InChI=1S/C19H16F2N6/c1-22-10-17-23-19(27-25-17)12-8-14-16(24-26-18(14)15(21)9-12)7-4-11-2-5-13(20)6-3-11/h2-9,22H,10H2,1H3,(H,24,26)(H,23,25,27). The molecule has 2 aromatic heterocycles. The van der Waals surface area contributed by atoms with Gasteiger partial charge in [-0.15, -0.1) is 0 Å². The Hall–Kier alpha value is -3.39. The summed E-state index contributed by atoms with van der Waals surface area (Å²) in [6, 6.07) is 9.24. The van der Waals surface area contributed by atoms with E-state index in [1.807, 2.05) is 0 Å². The van der Waals surface area contributed by atoms with Crippen LogP contribution in [0.1, 0.15) is 17.1 Å². The summed E-state index contributed by atoms with van der Waals surface area (Å²) in [5.74, 6) is 0.322. The molecule has 0 bridgehead atoms. The third-order valence-corrected chi connectivity index (χ3v) is 4.09. The van der Waals surface area contributed by atoms with Crippen molar-refractivity contribution in [2.24, 2.45) is 0 Å². The number of hydrogen-bond donors (Lipinski definition) is 3. The van der Waals surface area contributed by atoms with Crippen molar-refractivity contribution in [1.29, 1.82) is 0 Å². The molecule has 0 aliphatic heterocycles. The Bertz CT molecular complexity index is 1110. The topological polar surface area (TPSA) is 82.3 Å². The number of aromatic nitrogens is 5. The molecule has 0 fully saturated rings. The van der Waals surface area contributed by atoms with E-state index in [0.29, 0.717) is 34.8 Å². The van der Waals surface area contributed by atoms with Crippen molar-refractivity contribution < 1.29 is 8.78 Å². The Labute approximate surface area is 153 Å². The first-order chi connectivity index (χ1) is 13.1. The quantitative estimate of drug-likeness (QED) is 0.505. The zero-order valence-electron chi connectivity index (χ0n) is 14.4. The molecule has 0 amide bonds. The van der Waals surface area contributed by atoms with Gasteiger partial charge in [0.15, 0.2) is 11.6 Å². The van der Waals surface area contributed by atoms with Crippen LogP contribution in [0.25, 0.3) is 34.4 Å². The second kappa shape index (κ2) is 7.08. The van der Waals surface area contributed by atoms with E-state index in [9.17, 15) is 8.78 Å². The van der Waals surface area contributed by atoms with Crippen molar-refractivity contribution in [2.75, 3.05) is 7.05 Å². The van der Waals surface area contributed by atoms with Gasteiger partial charge in [-0.3, -0.25) is 10.2 Å². The van der Waals surface area contributed by atoms with E-state index in [0.717, 1.165) is 5.56 Å². The van der Waals surface area contributed by atoms with Gasteiger partial charge in [-0.25, -0.2) is 13.8 Å². The SMILES string of the molecule is CNCc1nc(-c2cc(F)c3n[nH]c(C=Cc4ccc(F)cc4)c3c2)n[nH]1. The Morgan fingerprint density at radius 1 is 1.04 bits per heavy atom. The molecule has 0 aliphatic carbocycles. The summed E-state index contributed by atoms with van der Waals surface area (Å²) < 4.78 is 27.5. The molecule has 0 atom stereocenters. The fourth-order valence-corrected chi connectivity index (χ4v) is 2.77. The van der Waals surface area contributed by atoms with Crippen LogP contribution in [0.2, 0.25) is 0 Å². The molecule has 0 spiro atoms. The minimum Gasteiger partial charge on any atom is -0.313 e. The van der Waals surface area contributed by atoms with E-state index in [1.165, 1.54) is 18.2 Å². The lowest BCUT2D eigenvalue weighted by Crippen LogP contribution is -2.06. The van der Waals surface area contributed by atoms with Gasteiger partial charge >= 0.3 is 0 Å². The Kier molecular flexibility index (Phi) is 4.47. The molecule has 0 saturated carbocycles. The maximum Gasteiger partial charge on any atom is 0.181 e. The summed E-state index contributed by atoms with van der Waals surface area (Å²) in [6.45, 7) is 0.537. The maximum absolute atomic E-state index is 14.5. The first-order valence-corrected chi connectivity index (χ1v) is 8.31. The van der Waals surface area contributed by atoms with E-state index >= 15 is 0 Å². The average Bonchev–Trinajstić information content (AvgIpc) is 3.29. The monoisotopic (exact) mass is 366 g/mol. The van der Waals surface area contributed by atoms with Crippen LogP contribution < -0.4 is 5.32 Å². The van der Waals surface area contributed by atoms with Crippen molar-refractivity contribution in [3.05, 3.63) is 65.1 Å². The van der Waals surface area contributed by atoms with Crippen LogP contribution in [0, 0.1) is 11.6 Å². The molecule has 0 unspecified atom stereocenters. The highest BCUT2D eigenvalue weighted by Crippen LogP contribution is 2.27. The minimum absolute atomic E-state index is 0.239. The molecule has 0 saturated heterocycles. The van der Waals surface area contributed by atoms with Crippen molar-refractivity contribution in [2.45, 2.75) is 6.54 Å². The van der Waals surface area contributed by atoms with E-state index in [1.54, 1.807) is 37.4 Å². The Balaban J connectivity index is 1.72. The smallest absolute Gasteiger partial charge is 0.181 e. The summed E-state index contributed by atoms with van der Waals surface area (Å²) in [6.07, 6.45) is 3.57. The average molecular weight is 366 g/mol. The van der Waals surface area contributed by atoms with Crippen molar-refractivity contribution >= 4 is 23.1 Å². The number of nitrogens with one attached hydrogen (secondary N) is 3. The van der Waals surface area contributed by atoms with Crippen LogP contribution >= 0.6 is 0 Å². The van der Waals surface area contributed by atoms with Crippen molar-refractivity contribution in [1.82, 2.24) is 30.7 Å². The number of halogens is 2. The molecule has 27 heavy (non-hydrogen) atoms. The van der Waals surface area contributed by atoms with E-state index in [-0.39, 0.29) is 11.3 Å². The van der Waals surface area contributed by atoms with Gasteiger partial charge in [-0.05, 0) is 43.0 Å².